The minimum atomic E-state index is -0.577. The van der Waals surface area contributed by atoms with Gasteiger partial charge in [0.25, 0.3) is 0 Å². The van der Waals surface area contributed by atoms with E-state index in [-0.39, 0.29) is 17.5 Å². The number of fused-ring (bicyclic) bond motifs is 1. The smallest absolute Gasteiger partial charge is 0.0683 e. The molecule has 5 unspecified atom stereocenters. The van der Waals surface area contributed by atoms with E-state index in [1.165, 1.54) is 6.16 Å². The molecule has 0 aromatic carbocycles. The molecule has 1 heterocycles. The normalized spacial score (nSPS) is 40.9. The largest absolute Gasteiger partial charge is 0.329 e. The second-order valence-corrected chi connectivity index (χ2v) is 8.10. The third-order valence-electron chi connectivity index (χ3n) is 5.12. The summed E-state index contributed by atoms with van der Waals surface area (Å²) in [6.07, 6.45) is 7.33. The number of hydrogen-bond acceptors (Lipinski definition) is 5. The predicted octanol–water partition coefficient (Wildman–Crippen LogP) is -0.385. The van der Waals surface area contributed by atoms with E-state index < -0.39 is 5.66 Å². The lowest BCUT2D eigenvalue weighted by molar-refractivity contribution is 0.0784. The lowest BCUT2D eigenvalue weighted by atomic mass is 9.64. The topological polar surface area (TPSA) is 130 Å². The van der Waals surface area contributed by atoms with Crippen LogP contribution >= 0.6 is 8.58 Å². The van der Waals surface area contributed by atoms with Crippen molar-refractivity contribution in [3.63, 3.8) is 0 Å². The van der Waals surface area contributed by atoms with Gasteiger partial charge in [0.05, 0.1) is 5.66 Å². The van der Waals surface area contributed by atoms with Crippen molar-refractivity contribution in [1.29, 1.82) is 0 Å². The van der Waals surface area contributed by atoms with Crippen LogP contribution in [-0.2, 0) is 0 Å². The molecular formula is C13H30N5P. The molecule has 2 rings (SSSR count). The van der Waals surface area contributed by atoms with Gasteiger partial charge in [-0.15, -0.1) is 8.58 Å². The molecule has 0 bridgehead atoms. The highest BCUT2D eigenvalue weighted by Crippen LogP contribution is 2.50. The van der Waals surface area contributed by atoms with E-state index in [0.29, 0.717) is 12.2 Å². The van der Waals surface area contributed by atoms with Gasteiger partial charge in [0.15, 0.2) is 0 Å². The fourth-order valence-electron chi connectivity index (χ4n) is 3.97. The molecule has 5 atom stereocenters. The molecule has 5 nitrogen and oxygen atoms in total. The first-order chi connectivity index (χ1) is 8.90. The van der Waals surface area contributed by atoms with E-state index >= 15 is 0 Å². The molecule has 0 spiro atoms. The summed E-state index contributed by atoms with van der Waals surface area (Å²) in [5.74, 6) is 0.258. The highest BCUT2D eigenvalue weighted by Gasteiger charge is 2.53. The Morgan fingerprint density at radius 2 is 1.95 bits per heavy atom. The average molecular weight is 287 g/mol. The Labute approximate surface area is 118 Å². The molecule has 0 aromatic heterocycles. The standard InChI is InChI=1S/C13H30N5P/c14-8-9(15)2-3-11-12(16)5-1-6-13(17,18)10(12)4-7-19-11/h9-11,19H,1-8,14-18H2. The van der Waals surface area contributed by atoms with Gasteiger partial charge < -0.3 is 28.7 Å². The number of rotatable bonds is 4. The summed E-state index contributed by atoms with van der Waals surface area (Å²) >= 11 is 0. The summed E-state index contributed by atoms with van der Waals surface area (Å²) in [6, 6.07) is 0.0953. The molecule has 10 N–H and O–H groups in total. The fourth-order valence-corrected chi connectivity index (χ4v) is 5.87. The van der Waals surface area contributed by atoms with Crippen LogP contribution in [0, 0.1) is 5.92 Å². The zero-order valence-electron chi connectivity index (χ0n) is 11.8. The minimum Gasteiger partial charge on any atom is -0.329 e. The Hall–Kier alpha value is 0.230. The lowest BCUT2D eigenvalue weighted by Crippen LogP contribution is -2.72. The molecule has 0 amide bonds. The Morgan fingerprint density at radius 1 is 1.21 bits per heavy atom. The lowest BCUT2D eigenvalue weighted by Gasteiger charge is -2.56. The van der Waals surface area contributed by atoms with Gasteiger partial charge in [0, 0.05) is 24.0 Å². The maximum Gasteiger partial charge on any atom is 0.0683 e. The van der Waals surface area contributed by atoms with Crippen LogP contribution in [0.4, 0.5) is 0 Å². The van der Waals surface area contributed by atoms with Crippen molar-refractivity contribution in [3.05, 3.63) is 0 Å². The quantitative estimate of drug-likeness (QED) is 0.355. The van der Waals surface area contributed by atoms with Crippen molar-refractivity contribution in [3.8, 4) is 0 Å². The molecule has 1 saturated heterocycles. The molecule has 2 aliphatic rings. The Kier molecular flexibility index (Phi) is 4.87. The average Bonchev–Trinajstić information content (AvgIpc) is 2.35. The first-order valence-corrected chi connectivity index (χ1v) is 8.74. The van der Waals surface area contributed by atoms with Crippen LogP contribution in [0.3, 0.4) is 0 Å². The maximum atomic E-state index is 6.79. The van der Waals surface area contributed by atoms with Crippen molar-refractivity contribution < 1.29 is 0 Å². The Balaban J connectivity index is 2.07. The second-order valence-electron chi connectivity index (χ2n) is 6.50. The van der Waals surface area contributed by atoms with Gasteiger partial charge in [0.2, 0.25) is 0 Å². The van der Waals surface area contributed by atoms with Crippen molar-refractivity contribution in [2.24, 2.45) is 34.6 Å². The van der Waals surface area contributed by atoms with Gasteiger partial charge in [-0.2, -0.15) is 0 Å². The van der Waals surface area contributed by atoms with Gasteiger partial charge in [0.1, 0.15) is 0 Å². The van der Waals surface area contributed by atoms with Crippen molar-refractivity contribution in [2.75, 3.05) is 12.7 Å². The zero-order chi connectivity index (χ0) is 14.1. The van der Waals surface area contributed by atoms with Crippen molar-refractivity contribution in [2.45, 2.75) is 61.4 Å². The van der Waals surface area contributed by atoms with E-state index in [1.807, 2.05) is 0 Å². The minimum absolute atomic E-state index is 0.0953. The van der Waals surface area contributed by atoms with Crippen LogP contribution in [0.5, 0.6) is 0 Å². The molecule has 19 heavy (non-hydrogen) atoms. The van der Waals surface area contributed by atoms with E-state index in [2.05, 4.69) is 0 Å². The van der Waals surface area contributed by atoms with Crippen LogP contribution in [0.2, 0.25) is 0 Å². The molecule has 0 radical (unpaired) electrons. The summed E-state index contributed by atoms with van der Waals surface area (Å²) in [5.41, 5.74) is 30.7. The van der Waals surface area contributed by atoms with Crippen LogP contribution < -0.4 is 28.7 Å². The summed E-state index contributed by atoms with van der Waals surface area (Å²) in [4.78, 5) is 0. The van der Waals surface area contributed by atoms with Gasteiger partial charge in [-0.05, 0) is 50.3 Å². The maximum absolute atomic E-state index is 6.79. The summed E-state index contributed by atoms with van der Waals surface area (Å²) < 4.78 is 0. The van der Waals surface area contributed by atoms with E-state index in [9.17, 15) is 0 Å². The first-order valence-electron chi connectivity index (χ1n) is 7.46. The second kappa shape index (κ2) is 5.92. The summed E-state index contributed by atoms with van der Waals surface area (Å²) in [7, 11) is 0.918. The fraction of sp³-hybridized carbons (Fsp3) is 1.00. The number of hydrogen-bond donors (Lipinski definition) is 5. The summed E-state index contributed by atoms with van der Waals surface area (Å²) in [6.45, 7) is 0.550. The third-order valence-corrected chi connectivity index (χ3v) is 7.01. The molecule has 1 aliphatic carbocycles. The zero-order valence-corrected chi connectivity index (χ0v) is 12.8. The molecule has 2 fully saturated rings. The van der Waals surface area contributed by atoms with Crippen LogP contribution in [0.1, 0.15) is 38.5 Å². The predicted molar refractivity (Wildman–Crippen MR) is 83.2 cm³/mol. The molecule has 1 saturated carbocycles. The van der Waals surface area contributed by atoms with Crippen LogP contribution in [0.25, 0.3) is 0 Å². The van der Waals surface area contributed by atoms with Gasteiger partial charge >= 0.3 is 0 Å². The molecular weight excluding hydrogens is 257 g/mol. The van der Waals surface area contributed by atoms with Crippen molar-refractivity contribution >= 4 is 8.58 Å². The Morgan fingerprint density at radius 3 is 2.63 bits per heavy atom. The van der Waals surface area contributed by atoms with Gasteiger partial charge in [-0.1, -0.05) is 0 Å². The molecule has 1 aliphatic heterocycles. The monoisotopic (exact) mass is 287 g/mol. The Bertz CT molecular complexity index is 311. The highest BCUT2D eigenvalue weighted by molar-refractivity contribution is 7.39. The van der Waals surface area contributed by atoms with E-state index in [0.717, 1.165) is 47.1 Å². The molecule has 112 valence electrons. The SMILES string of the molecule is NCC(N)CCC1PCCC2C(N)(N)CCCC12N. The summed E-state index contributed by atoms with van der Waals surface area (Å²) in [5, 5.41) is 0. The van der Waals surface area contributed by atoms with Crippen LogP contribution in [0.15, 0.2) is 0 Å². The van der Waals surface area contributed by atoms with E-state index in [1.54, 1.807) is 0 Å². The molecule has 6 heteroatoms. The molecule has 0 aromatic rings. The van der Waals surface area contributed by atoms with Gasteiger partial charge in [-0.3, -0.25) is 0 Å². The van der Waals surface area contributed by atoms with Gasteiger partial charge in [-0.25, -0.2) is 0 Å². The number of nitrogens with two attached hydrogens (primary N) is 5. The van der Waals surface area contributed by atoms with E-state index in [4.69, 9.17) is 28.7 Å². The highest BCUT2D eigenvalue weighted by atomic mass is 31.1. The third kappa shape index (κ3) is 3.12. The first kappa shape index (κ1) is 15.6. The van der Waals surface area contributed by atoms with Crippen molar-refractivity contribution in [1.82, 2.24) is 0 Å². The van der Waals surface area contributed by atoms with Crippen LogP contribution in [-0.4, -0.2) is 35.6 Å².